The molecule has 2 aliphatic heterocycles. The highest BCUT2D eigenvalue weighted by Crippen LogP contribution is 2.32. The molecule has 0 aliphatic carbocycles. The highest BCUT2D eigenvalue weighted by atomic mass is 35.5. The van der Waals surface area contributed by atoms with Crippen molar-refractivity contribution in [1.82, 2.24) is 10.3 Å². The second kappa shape index (κ2) is 4.63. The number of rotatable bonds is 1. The van der Waals surface area contributed by atoms with Crippen molar-refractivity contribution in [3.8, 4) is 0 Å². The lowest BCUT2D eigenvalue weighted by atomic mass is 9.92. The van der Waals surface area contributed by atoms with Gasteiger partial charge in [-0.2, -0.15) is 0 Å². The second-order valence-electron chi connectivity index (χ2n) is 4.79. The molecule has 0 unspecified atom stereocenters. The first kappa shape index (κ1) is 11.6. The Balaban J connectivity index is 1.89. The number of nitrogens with one attached hydrogen (secondary N) is 1. The number of pyridine rings is 1. The number of fused-ring (bicyclic) bond motifs is 1. The van der Waals surface area contributed by atoms with Crippen LogP contribution in [0.15, 0.2) is 12.3 Å². The van der Waals surface area contributed by atoms with Gasteiger partial charge < -0.3 is 10.2 Å². The van der Waals surface area contributed by atoms with Crippen LogP contribution in [0.3, 0.4) is 0 Å². The minimum absolute atomic E-state index is 0.383. The van der Waals surface area contributed by atoms with E-state index in [2.05, 4.69) is 15.2 Å². The van der Waals surface area contributed by atoms with Gasteiger partial charge in [-0.25, -0.2) is 4.98 Å². The summed E-state index contributed by atoms with van der Waals surface area (Å²) < 4.78 is 0. The fourth-order valence-electron chi connectivity index (χ4n) is 2.96. The topological polar surface area (TPSA) is 28.2 Å². The predicted octanol–water partition coefficient (Wildman–Crippen LogP) is 2.58. The molecule has 0 radical (unpaired) electrons. The minimum Gasteiger partial charge on any atom is -0.366 e. The first-order chi connectivity index (χ1) is 8.25. The molecule has 0 amide bonds. The summed E-state index contributed by atoms with van der Waals surface area (Å²) in [5.74, 6) is 0.762. The Kier molecular flexibility index (Phi) is 3.16. The van der Waals surface area contributed by atoms with Crippen LogP contribution in [0.2, 0.25) is 10.2 Å². The standard InChI is InChI=1S/C12H15Cl2N3/c13-10-4-9(6-16-12(10)14)17-3-1-2-8-5-15-7-11(8)17/h4,6,8,11,15H,1-3,5,7H2/t8-,11+/m0/s1. The molecule has 5 heteroatoms. The molecule has 0 saturated carbocycles. The van der Waals surface area contributed by atoms with Gasteiger partial charge in [0.05, 0.1) is 16.9 Å². The van der Waals surface area contributed by atoms with Gasteiger partial charge in [0.1, 0.15) is 5.15 Å². The Morgan fingerprint density at radius 2 is 2.24 bits per heavy atom. The van der Waals surface area contributed by atoms with E-state index in [-0.39, 0.29) is 0 Å². The van der Waals surface area contributed by atoms with Gasteiger partial charge in [-0.3, -0.25) is 0 Å². The predicted molar refractivity (Wildman–Crippen MR) is 71.0 cm³/mol. The van der Waals surface area contributed by atoms with Crippen molar-refractivity contribution in [2.45, 2.75) is 18.9 Å². The average molecular weight is 272 g/mol. The number of nitrogens with zero attached hydrogens (tertiary/aromatic N) is 2. The molecule has 1 aromatic heterocycles. The van der Waals surface area contributed by atoms with Gasteiger partial charge in [0.2, 0.25) is 0 Å². The van der Waals surface area contributed by atoms with E-state index in [1.165, 1.54) is 12.8 Å². The summed E-state index contributed by atoms with van der Waals surface area (Å²) in [5.41, 5.74) is 1.10. The second-order valence-corrected chi connectivity index (χ2v) is 5.55. The van der Waals surface area contributed by atoms with Crippen LogP contribution in [0.5, 0.6) is 0 Å². The summed E-state index contributed by atoms with van der Waals surface area (Å²) in [6.45, 7) is 3.28. The van der Waals surface area contributed by atoms with Crippen LogP contribution >= 0.6 is 23.2 Å². The van der Waals surface area contributed by atoms with E-state index in [9.17, 15) is 0 Å². The van der Waals surface area contributed by atoms with Crippen LogP contribution in [0.4, 0.5) is 5.69 Å². The Morgan fingerprint density at radius 3 is 3.06 bits per heavy atom. The lowest BCUT2D eigenvalue weighted by molar-refractivity contribution is 0.385. The summed E-state index contributed by atoms with van der Waals surface area (Å²) in [4.78, 5) is 6.56. The van der Waals surface area contributed by atoms with Gasteiger partial charge in [0.15, 0.2) is 0 Å². The van der Waals surface area contributed by atoms with E-state index in [0.717, 1.165) is 31.2 Å². The third kappa shape index (κ3) is 2.12. The molecular formula is C12H15Cl2N3. The molecule has 0 aromatic carbocycles. The molecule has 3 rings (SSSR count). The molecule has 3 heterocycles. The molecule has 2 fully saturated rings. The van der Waals surface area contributed by atoms with Crippen LogP contribution in [-0.4, -0.2) is 30.7 Å². The van der Waals surface area contributed by atoms with Crippen LogP contribution in [-0.2, 0) is 0 Å². The molecular weight excluding hydrogens is 257 g/mol. The normalized spacial score (nSPS) is 28.2. The summed E-state index contributed by atoms with van der Waals surface area (Å²) in [6, 6.07) is 2.51. The number of aromatic nitrogens is 1. The third-order valence-electron chi connectivity index (χ3n) is 3.79. The Labute approximate surface area is 111 Å². The number of hydrogen-bond donors (Lipinski definition) is 1. The van der Waals surface area contributed by atoms with Crippen molar-refractivity contribution in [1.29, 1.82) is 0 Å². The van der Waals surface area contributed by atoms with E-state index in [1.54, 1.807) is 0 Å². The Bertz CT molecular complexity index is 424. The number of piperidine rings is 1. The van der Waals surface area contributed by atoms with E-state index in [1.807, 2.05) is 12.3 Å². The van der Waals surface area contributed by atoms with Gasteiger partial charge in [0.25, 0.3) is 0 Å². The molecule has 1 N–H and O–H groups in total. The van der Waals surface area contributed by atoms with Crippen molar-refractivity contribution in [3.63, 3.8) is 0 Å². The van der Waals surface area contributed by atoms with Gasteiger partial charge in [-0.1, -0.05) is 23.2 Å². The first-order valence-corrected chi connectivity index (χ1v) is 6.79. The number of anilines is 1. The zero-order valence-electron chi connectivity index (χ0n) is 9.50. The lowest BCUT2D eigenvalue weighted by Crippen LogP contribution is -2.45. The Hall–Kier alpha value is -0.510. The van der Waals surface area contributed by atoms with E-state index >= 15 is 0 Å². The van der Waals surface area contributed by atoms with Crippen molar-refractivity contribution < 1.29 is 0 Å². The van der Waals surface area contributed by atoms with E-state index < -0.39 is 0 Å². The zero-order chi connectivity index (χ0) is 11.8. The molecule has 3 nitrogen and oxygen atoms in total. The summed E-state index contributed by atoms with van der Waals surface area (Å²) in [7, 11) is 0. The average Bonchev–Trinajstić information content (AvgIpc) is 2.80. The third-order valence-corrected chi connectivity index (χ3v) is 4.48. The van der Waals surface area contributed by atoms with Crippen LogP contribution < -0.4 is 10.2 Å². The molecule has 1 aromatic rings. The van der Waals surface area contributed by atoms with Crippen molar-refractivity contribution >= 4 is 28.9 Å². The van der Waals surface area contributed by atoms with Crippen LogP contribution in [0.25, 0.3) is 0 Å². The highest BCUT2D eigenvalue weighted by molar-refractivity contribution is 6.41. The smallest absolute Gasteiger partial charge is 0.147 e. The molecule has 2 atom stereocenters. The molecule has 0 bridgehead atoms. The SMILES string of the molecule is Clc1cc(N2CCC[C@H]3CNC[C@H]32)cnc1Cl. The number of hydrogen-bond acceptors (Lipinski definition) is 3. The van der Waals surface area contributed by atoms with Gasteiger partial charge in [-0.15, -0.1) is 0 Å². The highest BCUT2D eigenvalue weighted by Gasteiger charge is 2.35. The van der Waals surface area contributed by atoms with Gasteiger partial charge >= 0.3 is 0 Å². The first-order valence-electron chi connectivity index (χ1n) is 6.04. The summed E-state index contributed by atoms with van der Waals surface area (Å²) in [6.07, 6.45) is 4.39. The van der Waals surface area contributed by atoms with Crippen molar-refractivity contribution in [3.05, 3.63) is 22.4 Å². The van der Waals surface area contributed by atoms with Gasteiger partial charge in [0, 0.05) is 25.7 Å². The maximum absolute atomic E-state index is 6.04. The van der Waals surface area contributed by atoms with Crippen molar-refractivity contribution in [2.75, 3.05) is 24.5 Å². The number of halogens is 2. The lowest BCUT2D eigenvalue weighted by Gasteiger charge is -2.38. The van der Waals surface area contributed by atoms with E-state index in [4.69, 9.17) is 23.2 Å². The van der Waals surface area contributed by atoms with Crippen molar-refractivity contribution in [2.24, 2.45) is 5.92 Å². The summed E-state index contributed by atoms with van der Waals surface area (Å²) in [5, 5.41) is 4.39. The van der Waals surface area contributed by atoms with Crippen LogP contribution in [0, 0.1) is 5.92 Å². The maximum Gasteiger partial charge on any atom is 0.147 e. The monoisotopic (exact) mass is 271 g/mol. The quantitative estimate of drug-likeness (QED) is 0.796. The molecule has 0 spiro atoms. The largest absolute Gasteiger partial charge is 0.366 e. The fraction of sp³-hybridized carbons (Fsp3) is 0.583. The molecule has 2 aliphatic rings. The van der Waals surface area contributed by atoms with Crippen LogP contribution in [0.1, 0.15) is 12.8 Å². The zero-order valence-corrected chi connectivity index (χ0v) is 11.0. The fourth-order valence-corrected chi connectivity index (χ4v) is 3.22. The van der Waals surface area contributed by atoms with Gasteiger partial charge in [-0.05, 0) is 24.8 Å². The van der Waals surface area contributed by atoms with E-state index in [0.29, 0.717) is 16.2 Å². The molecule has 2 saturated heterocycles. The molecule has 92 valence electrons. The molecule has 17 heavy (non-hydrogen) atoms. The Morgan fingerprint density at radius 1 is 1.35 bits per heavy atom. The minimum atomic E-state index is 0.383. The maximum atomic E-state index is 6.04. The summed E-state index contributed by atoms with van der Waals surface area (Å²) >= 11 is 11.9.